The predicted molar refractivity (Wildman–Crippen MR) is 53.1 cm³/mol. The van der Waals surface area contributed by atoms with Crippen LogP contribution in [0.15, 0.2) is 23.8 Å². The molecule has 0 aromatic rings. The monoisotopic (exact) mass is 206 g/mol. The topological polar surface area (TPSA) is 0 Å². The maximum Gasteiger partial charge on any atom is 0.412 e. The van der Waals surface area contributed by atoms with Crippen molar-refractivity contribution < 1.29 is 13.2 Å². The molecule has 0 radical (unpaired) electrons. The fraction of sp³-hybridized carbons (Fsp3) is 0.636. The fourth-order valence-corrected chi connectivity index (χ4v) is 1.19. The molecule has 0 nitrogen and oxygen atoms in total. The van der Waals surface area contributed by atoms with Crippen molar-refractivity contribution in [1.82, 2.24) is 0 Å². The summed E-state index contributed by atoms with van der Waals surface area (Å²) >= 11 is 0. The Kier molecular flexibility index (Phi) is 5.58. The zero-order chi connectivity index (χ0) is 11.2. The van der Waals surface area contributed by atoms with Gasteiger partial charge in [0.25, 0.3) is 0 Å². The van der Waals surface area contributed by atoms with Gasteiger partial charge in [-0.1, -0.05) is 32.4 Å². The van der Waals surface area contributed by atoms with Crippen LogP contribution in [0.2, 0.25) is 0 Å². The van der Waals surface area contributed by atoms with Crippen molar-refractivity contribution >= 4 is 0 Å². The van der Waals surface area contributed by atoms with E-state index in [2.05, 4.69) is 6.58 Å². The molecule has 0 aliphatic rings. The molecular weight excluding hydrogens is 189 g/mol. The quantitative estimate of drug-likeness (QED) is 0.454. The second kappa shape index (κ2) is 5.89. The zero-order valence-corrected chi connectivity index (χ0v) is 8.75. The molecule has 0 spiro atoms. The van der Waals surface area contributed by atoms with Crippen molar-refractivity contribution in [2.75, 3.05) is 0 Å². The van der Waals surface area contributed by atoms with Gasteiger partial charge in [0.1, 0.15) is 0 Å². The third kappa shape index (κ3) is 4.49. The van der Waals surface area contributed by atoms with Gasteiger partial charge < -0.3 is 0 Å². The van der Waals surface area contributed by atoms with E-state index in [4.69, 9.17) is 0 Å². The lowest BCUT2D eigenvalue weighted by Crippen LogP contribution is -2.11. The molecule has 82 valence electrons. The molecule has 0 N–H and O–H groups in total. The maximum absolute atomic E-state index is 12.3. The Balaban J connectivity index is 4.44. The number of hydrogen-bond acceptors (Lipinski definition) is 0. The molecule has 0 unspecified atom stereocenters. The van der Waals surface area contributed by atoms with Gasteiger partial charge >= 0.3 is 6.18 Å². The first kappa shape index (κ1) is 13.3. The van der Waals surface area contributed by atoms with Crippen molar-refractivity contribution in [3.63, 3.8) is 0 Å². The lowest BCUT2D eigenvalue weighted by atomic mass is 10.0. The van der Waals surface area contributed by atoms with Crippen molar-refractivity contribution in [1.29, 1.82) is 0 Å². The zero-order valence-electron chi connectivity index (χ0n) is 8.75. The van der Waals surface area contributed by atoms with Crippen LogP contribution in [0.4, 0.5) is 13.2 Å². The highest BCUT2D eigenvalue weighted by Crippen LogP contribution is 2.29. The normalized spacial score (nSPS) is 13.8. The third-order valence-corrected chi connectivity index (χ3v) is 2.20. The predicted octanol–water partition coefficient (Wildman–Crippen LogP) is 4.63. The Morgan fingerprint density at radius 3 is 2.21 bits per heavy atom. The average molecular weight is 206 g/mol. The molecule has 0 aliphatic carbocycles. The molecule has 0 saturated heterocycles. The summed E-state index contributed by atoms with van der Waals surface area (Å²) in [5.74, 6) is 0. The third-order valence-electron chi connectivity index (χ3n) is 2.20. The van der Waals surface area contributed by atoms with E-state index in [1.54, 1.807) is 0 Å². The maximum atomic E-state index is 12.3. The summed E-state index contributed by atoms with van der Waals surface area (Å²) in [6.45, 7) is 6.55. The van der Waals surface area contributed by atoms with E-state index < -0.39 is 11.7 Å². The molecular formula is C11H17F3. The number of halogens is 3. The second-order valence-electron chi connectivity index (χ2n) is 3.31. The summed E-state index contributed by atoms with van der Waals surface area (Å²) in [7, 11) is 0. The van der Waals surface area contributed by atoms with E-state index in [1.807, 2.05) is 6.92 Å². The summed E-state index contributed by atoms with van der Waals surface area (Å²) in [6.07, 6.45) is 0.347. The van der Waals surface area contributed by atoms with Gasteiger partial charge in [-0.3, -0.25) is 0 Å². The number of rotatable bonds is 5. The Hall–Kier alpha value is -0.730. The molecule has 0 saturated carbocycles. The van der Waals surface area contributed by atoms with E-state index in [9.17, 15) is 13.2 Å². The lowest BCUT2D eigenvalue weighted by Gasteiger charge is -2.11. The summed E-state index contributed by atoms with van der Waals surface area (Å²) < 4.78 is 36.9. The van der Waals surface area contributed by atoms with Gasteiger partial charge in [0.05, 0.1) is 0 Å². The number of unbranched alkanes of at least 4 members (excludes halogenated alkanes) is 2. The van der Waals surface area contributed by atoms with E-state index >= 15 is 0 Å². The van der Waals surface area contributed by atoms with Crippen LogP contribution in [0, 0.1) is 0 Å². The Labute approximate surface area is 83.5 Å². The van der Waals surface area contributed by atoms with E-state index in [0.29, 0.717) is 12.0 Å². The number of allylic oxidation sites excluding steroid dienone is 3. The van der Waals surface area contributed by atoms with Gasteiger partial charge in [-0.25, -0.2) is 0 Å². The molecule has 0 heterocycles. The van der Waals surface area contributed by atoms with Crippen molar-refractivity contribution in [2.24, 2.45) is 0 Å². The second-order valence-corrected chi connectivity index (χ2v) is 3.31. The van der Waals surface area contributed by atoms with Crippen molar-refractivity contribution in [3.05, 3.63) is 23.8 Å². The minimum absolute atomic E-state index is 0.325. The largest absolute Gasteiger partial charge is 0.412 e. The average Bonchev–Trinajstić information content (AvgIpc) is 2.10. The standard InChI is InChI=1S/C11H17F3/c1-4-6-7-8-10(5-2)9(3)11(12,13)14/h5H,2,4,6-8H2,1,3H3/b10-9-. The van der Waals surface area contributed by atoms with Crippen LogP contribution in [-0.2, 0) is 0 Å². The van der Waals surface area contributed by atoms with Crippen LogP contribution in [0.3, 0.4) is 0 Å². The highest BCUT2D eigenvalue weighted by Gasteiger charge is 2.31. The van der Waals surface area contributed by atoms with Crippen molar-refractivity contribution in [2.45, 2.75) is 45.7 Å². The van der Waals surface area contributed by atoms with Crippen LogP contribution in [-0.4, -0.2) is 6.18 Å². The minimum Gasteiger partial charge on any atom is -0.166 e. The van der Waals surface area contributed by atoms with Gasteiger partial charge in [0.2, 0.25) is 0 Å². The number of hydrogen-bond donors (Lipinski definition) is 0. The summed E-state index contributed by atoms with van der Waals surface area (Å²) in [4.78, 5) is 0. The summed E-state index contributed by atoms with van der Waals surface area (Å²) in [5, 5.41) is 0. The van der Waals surface area contributed by atoms with Crippen LogP contribution in [0.25, 0.3) is 0 Å². The first-order valence-corrected chi connectivity index (χ1v) is 4.82. The molecule has 0 fully saturated rings. The molecule has 0 atom stereocenters. The molecule has 14 heavy (non-hydrogen) atoms. The first-order chi connectivity index (χ1) is 6.43. The van der Waals surface area contributed by atoms with E-state index in [0.717, 1.165) is 26.2 Å². The van der Waals surface area contributed by atoms with Crippen molar-refractivity contribution in [3.8, 4) is 0 Å². The van der Waals surface area contributed by atoms with Gasteiger partial charge in [0.15, 0.2) is 0 Å². The Morgan fingerprint density at radius 2 is 1.86 bits per heavy atom. The van der Waals surface area contributed by atoms with Crippen LogP contribution in [0.5, 0.6) is 0 Å². The smallest absolute Gasteiger partial charge is 0.166 e. The van der Waals surface area contributed by atoms with Gasteiger partial charge in [-0.15, -0.1) is 0 Å². The Bertz CT molecular complexity index is 211. The highest BCUT2D eigenvalue weighted by molar-refractivity contribution is 5.25. The first-order valence-electron chi connectivity index (χ1n) is 4.82. The molecule has 0 bridgehead atoms. The molecule has 0 aliphatic heterocycles. The summed E-state index contributed by atoms with van der Waals surface area (Å²) in [5.41, 5.74) is -0.186. The van der Waals surface area contributed by atoms with Crippen LogP contribution < -0.4 is 0 Å². The van der Waals surface area contributed by atoms with Gasteiger partial charge in [-0.2, -0.15) is 13.2 Å². The Morgan fingerprint density at radius 1 is 1.29 bits per heavy atom. The number of alkyl halides is 3. The van der Waals surface area contributed by atoms with E-state index in [-0.39, 0.29) is 0 Å². The molecule has 0 rings (SSSR count). The lowest BCUT2D eigenvalue weighted by molar-refractivity contribution is -0.0921. The summed E-state index contributed by atoms with van der Waals surface area (Å²) in [6, 6.07) is 0. The highest BCUT2D eigenvalue weighted by atomic mass is 19.4. The fourth-order valence-electron chi connectivity index (χ4n) is 1.19. The minimum atomic E-state index is -4.21. The molecule has 0 aromatic heterocycles. The van der Waals surface area contributed by atoms with Crippen LogP contribution in [0.1, 0.15) is 39.5 Å². The van der Waals surface area contributed by atoms with Crippen LogP contribution >= 0.6 is 0 Å². The van der Waals surface area contributed by atoms with Gasteiger partial charge in [-0.05, 0) is 25.3 Å². The SMILES string of the molecule is C=C/C(CCCCC)=C(\C)C(F)(F)F. The van der Waals surface area contributed by atoms with E-state index in [1.165, 1.54) is 6.08 Å². The molecule has 0 amide bonds. The van der Waals surface area contributed by atoms with Gasteiger partial charge in [0, 0.05) is 5.57 Å². The molecule has 0 aromatic carbocycles. The molecule has 3 heteroatoms.